The predicted octanol–water partition coefficient (Wildman–Crippen LogP) is 2.22. The number of rotatable bonds is 3. The summed E-state index contributed by atoms with van der Waals surface area (Å²) >= 11 is 5.32. The largest absolute Gasteiger partial charge is 0.490 e. The number of carbonyl (C=O) groups excluding carboxylic acids is 1. The molecule has 1 saturated carbocycles. The van der Waals surface area contributed by atoms with Gasteiger partial charge in [0.05, 0.1) is 5.92 Å². The maximum absolute atomic E-state index is 10.7. The number of carbonyl (C=O) groups is 1. The smallest absolute Gasteiger partial charge is 0.228 e. The second-order valence-electron chi connectivity index (χ2n) is 3.12. The summed E-state index contributed by atoms with van der Waals surface area (Å²) in [6.07, 6.45) is 0.740. The summed E-state index contributed by atoms with van der Waals surface area (Å²) in [6, 6.07) is 9.45. The lowest BCUT2D eigenvalue weighted by molar-refractivity contribution is -0.113. The van der Waals surface area contributed by atoms with Crippen LogP contribution >= 0.6 is 11.6 Å². The Morgan fingerprint density at radius 3 is 2.62 bits per heavy atom. The molecule has 2 rings (SSSR count). The first-order valence-electron chi connectivity index (χ1n) is 4.18. The van der Waals surface area contributed by atoms with Crippen molar-refractivity contribution >= 4 is 16.8 Å². The van der Waals surface area contributed by atoms with Crippen molar-refractivity contribution in [2.24, 2.45) is 5.92 Å². The van der Waals surface area contributed by atoms with Gasteiger partial charge in [-0.2, -0.15) is 0 Å². The summed E-state index contributed by atoms with van der Waals surface area (Å²) in [5, 5.41) is -0.291. The zero-order valence-corrected chi connectivity index (χ0v) is 7.70. The molecule has 0 radical (unpaired) electrons. The first kappa shape index (κ1) is 8.57. The van der Waals surface area contributed by atoms with Gasteiger partial charge in [0.2, 0.25) is 5.24 Å². The van der Waals surface area contributed by atoms with E-state index in [-0.39, 0.29) is 17.3 Å². The lowest BCUT2D eigenvalue weighted by atomic mass is 10.3. The van der Waals surface area contributed by atoms with Gasteiger partial charge in [-0.05, 0) is 30.2 Å². The van der Waals surface area contributed by atoms with Crippen LogP contribution in [0.25, 0.3) is 0 Å². The molecular weight excluding hydrogens is 188 g/mol. The molecule has 3 heteroatoms. The van der Waals surface area contributed by atoms with E-state index >= 15 is 0 Å². The van der Waals surface area contributed by atoms with Crippen LogP contribution in [0, 0.1) is 5.92 Å². The molecule has 0 spiro atoms. The number of halogens is 1. The van der Waals surface area contributed by atoms with Crippen molar-refractivity contribution < 1.29 is 9.53 Å². The molecule has 1 fully saturated rings. The Hall–Kier alpha value is -1.02. The quantitative estimate of drug-likeness (QED) is 0.693. The lowest BCUT2D eigenvalue weighted by Crippen LogP contribution is -2.03. The molecule has 13 heavy (non-hydrogen) atoms. The predicted molar refractivity (Wildman–Crippen MR) is 49.8 cm³/mol. The third kappa shape index (κ3) is 2.01. The van der Waals surface area contributed by atoms with Crippen LogP contribution in [0.5, 0.6) is 5.75 Å². The van der Waals surface area contributed by atoms with Crippen LogP contribution in [0.2, 0.25) is 0 Å². The number of hydrogen-bond acceptors (Lipinski definition) is 2. The highest BCUT2D eigenvalue weighted by atomic mass is 35.5. The monoisotopic (exact) mass is 196 g/mol. The second-order valence-corrected chi connectivity index (χ2v) is 3.49. The summed E-state index contributed by atoms with van der Waals surface area (Å²) in [4.78, 5) is 10.7. The van der Waals surface area contributed by atoms with Gasteiger partial charge in [0.1, 0.15) is 11.9 Å². The van der Waals surface area contributed by atoms with Crippen LogP contribution < -0.4 is 4.74 Å². The highest BCUT2D eigenvalue weighted by Gasteiger charge is 2.44. The summed E-state index contributed by atoms with van der Waals surface area (Å²) in [5.41, 5.74) is 0. The molecule has 0 aromatic heterocycles. The van der Waals surface area contributed by atoms with Gasteiger partial charge in [0, 0.05) is 0 Å². The molecule has 1 aliphatic rings. The van der Waals surface area contributed by atoms with E-state index in [1.54, 1.807) is 0 Å². The second kappa shape index (κ2) is 3.38. The first-order chi connectivity index (χ1) is 6.27. The Kier molecular flexibility index (Phi) is 2.23. The van der Waals surface area contributed by atoms with E-state index in [2.05, 4.69) is 0 Å². The Morgan fingerprint density at radius 2 is 2.08 bits per heavy atom. The van der Waals surface area contributed by atoms with Gasteiger partial charge in [-0.15, -0.1) is 0 Å². The molecule has 2 nitrogen and oxygen atoms in total. The third-order valence-electron chi connectivity index (χ3n) is 2.05. The molecule has 0 aliphatic heterocycles. The number of para-hydroxylation sites is 1. The van der Waals surface area contributed by atoms with Gasteiger partial charge < -0.3 is 4.74 Å². The SMILES string of the molecule is O=C(Cl)C1CC1Oc1ccccc1. The van der Waals surface area contributed by atoms with Gasteiger partial charge in [-0.1, -0.05) is 18.2 Å². The Balaban J connectivity index is 1.92. The van der Waals surface area contributed by atoms with Gasteiger partial charge in [-0.3, -0.25) is 4.79 Å². The highest BCUT2D eigenvalue weighted by Crippen LogP contribution is 2.36. The van der Waals surface area contributed by atoms with Gasteiger partial charge in [0.25, 0.3) is 0 Å². The maximum atomic E-state index is 10.7. The fourth-order valence-electron chi connectivity index (χ4n) is 1.21. The molecule has 0 heterocycles. The molecule has 2 unspecified atom stereocenters. The van der Waals surface area contributed by atoms with Crippen molar-refractivity contribution in [2.75, 3.05) is 0 Å². The minimum Gasteiger partial charge on any atom is -0.490 e. The number of benzene rings is 1. The zero-order valence-electron chi connectivity index (χ0n) is 6.94. The fourth-order valence-corrected chi connectivity index (χ4v) is 1.44. The van der Waals surface area contributed by atoms with Gasteiger partial charge >= 0.3 is 0 Å². The van der Waals surface area contributed by atoms with Crippen molar-refractivity contribution in [3.63, 3.8) is 0 Å². The van der Waals surface area contributed by atoms with E-state index in [9.17, 15) is 4.79 Å². The molecule has 2 atom stereocenters. The summed E-state index contributed by atoms with van der Waals surface area (Å²) in [6.45, 7) is 0. The van der Waals surface area contributed by atoms with Crippen LogP contribution in [0.15, 0.2) is 30.3 Å². The normalized spacial score (nSPS) is 25.3. The topological polar surface area (TPSA) is 26.3 Å². The molecule has 0 N–H and O–H groups in total. The van der Waals surface area contributed by atoms with Gasteiger partial charge in [-0.25, -0.2) is 0 Å². The average Bonchev–Trinajstić information content (AvgIpc) is 2.86. The molecule has 1 aromatic carbocycles. The van der Waals surface area contributed by atoms with E-state index in [1.165, 1.54) is 0 Å². The molecular formula is C10H9ClO2. The fraction of sp³-hybridized carbons (Fsp3) is 0.300. The standard InChI is InChI=1S/C10H9ClO2/c11-10(12)8-6-9(8)13-7-4-2-1-3-5-7/h1-5,8-9H,6H2. The van der Waals surface area contributed by atoms with E-state index < -0.39 is 0 Å². The lowest BCUT2D eigenvalue weighted by Gasteiger charge is -2.02. The van der Waals surface area contributed by atoms with Crippen molar-refractivity contribution in [3.8, 4) is 5.75 Å². The minimum absolute atomic E-state index is 0.00704. The van der Waals surface area contributed by atoms with Crippen molar-refractivity contribution in [1.82, 2.24) is 0 Å². The average molecular weight is 197 g/mol. The van der Waals surface area contributed by atoms with Crippen LogP contribution in [-0.2, 0) is 4.79 Å². The van der Waals surface area contributed by atoms with E-state index in [1.807, 2.05) is 30.3 Å². The van der Waals surface area contributed by atoms with E-state index in [0.717, 1.165) is 12.2 Å². The summed E-state index contributed by atoms with van der Waals surface area (Å²) in [5.74, 6) is 0.704. The molecule has 1 aliphatic carbocycles. The summed E-state index contributed by atoms with van der Waals surface area (Å²) < 4.78 is 5.49. The van der Waals surface area contributed by atoms with Crippen LogP contribution in [0.3, 0.4) is 0 Å². The number of hydrogen-bond donors (Lipinski definition) is 0. The maximum Gasteiger partial charge on any atom is 0.228 e. The van der Waals surface area contributed by atoms with Crippen molar-refractivity contribution in [1.29, 1.82) is 0 Å². The number of ether oxygens (including phenoxy) is 1. The Morgan fingerprint density at radius 1 is 1.38 bits per heavy atom. The van der Waals surface area contributed by atoms with Crippen molar-refractivity contribution in [2.45, 2.75) is 12.5 Å². The van der Waals surface area contributed by atoms with Crippen molar-refractivity contribution in [3.05, 3.63) is 30.3 Å². The first-order valence-corrected chi connectivity index (χ1v) is 4.56. The van der Waals surface area contributed by atoms with Crippen LogP contribution in [0.1, 0.15) is 6.42 Å². The minimum atomic E-state index is -0.291. The molecule has 0 saturated heterocycles. The molecule has 0 amide bonds. The molecule has 68 valence electrons. The molecule has 1 aromatic rings. The highest BCUT2D eigenvalue weighted by molar-refractivity contribution is 6.64. The van der Waals surface area contributed by atoms with E-state index in [0.29, 0.717) is 0 Å². The van der Waals surface area contributed by atoms with Crippen LogP contribution in [0.4, 0.5) is 0 Å². The summed E-state index contributed by atoms with van der Waals surface area (Å²) in [7, 11) is 0. The van der Waals surface area contributed by atoms with Gasteiger partial charge in [0.15, 0.2) is 0 Å². The molecule has 0 bridgehead atoms. The van der Waals surface area contributed by atoms with Crippen LogP contribution in [-0.4, -0.2) is 11.3 Å². The zero-order chi connectivity index (χ0) is 9.26. The Labute approximate surface area is 81.5 Å². The third-order valence-corrected chi connectivity index (χ3v) is 2.33. The van der Waals surface area contributed by atoms with E-state index in [4.69, 9.17) is 16.3 Å². The Bertz CT molecular complexity index is 310.